The van der Waals surface area contributed by atoms with Gasteiger partial charge >= 0.3 is 6.18 Å². The van der Waals surface area contributed by atoms with E-state index in [4.69, 9.17) is 0 Å². The van der Waals surface area contributed by atoms with Gasteiger partial charge in [-0.15, -0.1) is 0 Å². The van der Waals surface area contributed by atoms with E-state index in [0.717, 1.165) is 60.7 Å². The van der Waals surface area contributed by atoms with Crippen molar-refractivity contribution in [2.24, 2.45) is 0 Å². The van der Waals surface area contributed by atoms with Crippen LogP contribution in [0.5, 0.6) is 0 Å². The lowest BCUT2D eigenvalue weighted by atomic mass is 10.1. The summed E-state index contributed by atoms with van der Waals surface area (Å²) in [6, 6.07) is 6.01. The number of alkyl halides is 3. The van der Waals surface area contributed by atoms with Crippen LogP contribution in [-0.4, -0.2) is 74.2 Å². The molecule has 0 fully saturated rings. The maximum absolute atomic E-state index is 14.9. The number of hydrogen-bond donors (Lipinski definition) is 1. The van der Waals surface area contributed by atoms with Gasteiger partial charge in [-0.1, -0.05) is 6.07 Å². The molecule has 39 heavy (non-hydrogen) atoms. The summed E-state index contributed by atoms with van der Waals surface area (Å²) in [4.78, 5) is 21.3. The molecule has 4 heterocycles. The third-order valence-corrected chi connectivity index (χ3v) is 6.58. The van der Waals surface area contributed by atoms with Crippen molar-refractivity contribution < 1.29 is 22.0 Å². The Labute approximate surface area is 221 Å². The fourth-order valence-electron chi connectivity index (χ4n) is 4.63. The predicted molar refractivity (Wildman–Crippen MR) is 137 cm³/mol. The molecule has 206 valence electrons. The van der Waals surface area contributed by atoms with Crippen LogP contribution in [0.2, 0.25) is 0 Å². The minimum absolute atomic E-state index is 0.0109. The van der Waals surface area contributed by atoms with Gasteiger partial charge in [0.25, 0.3) is 0 Å². The molecule has 0 spiro atoms. The molecule has 1 aliphatic rings. The molecule has 13 heteroatoms. The van der Waals surface area contributed by atoms with Gasteiger partial charge in [-0.25, -0.2) is 28.7 Å². The molecule has 0 unspecified atom stereocenters. The third kappa shape index (κ3) is 5.98. The summed E-state index contributed by atoms with van der Waals surface area (Å²) in [6.07, 6.45) is -2.85. The molecule has 0 amide bonds. The lowest BCUT2D eigenvalue weighted by Gasteiger charge is -2.29. The van der Waals surface area contributed by atoms with E-state index in [2.05, 4.69) is 35.1 Å². The molecule has 1 N–H and O–H groups in total. The predicted octanol–water partition coefficient (Wildman–Crippen LogP) is 4.70. The number of fused-ring (bicyclic) bond motifs is 2. The van der Waals surface area contributed by atoms with Crippen LogP contribution in [0.25, 0.3) is 22.3 Å². The molecule has 1 aliphatic heterocycles. The van der Waals surface area contributed by atoms with Gasteiger partial charge in [0.2, 0.25) is 5.95 Å². The SMILES string of the molecule is Cc1nc2c(F)cc(-c3nc(Nc4ccc5c(n4)CCN(CCN(C)C)C5)ncc3F)cc2n1CC(F)(F)F. The number of benzene rings is 1. The number of halogens is 5. The Morgan fingerprint density at radius 2 is 1.85 bits per heavy atom. The summed E-state index contributed by atoms with van der Waals surface area (Å²) in [5.74, 6) is -1.26. The van der Waals surface area contributed by atoms with Crippen LogP contribution in [0.4, 0.5) is 33.7 Å². The van der Waals surface area contributed by atoms with Gasteiger partial charge in [-0.3, -0.25) is 4.90 Å². The molecule has 0 radical (unpaired) electrons. The zero-order chi connectivity index (χ0) is 27.9. The summed E-state index contributed by atoms with van der Waals surface area (Å²) >= 11 is 0. The number of likely N-dealkylation sites (N-methyl/N-ethyl adjacent to an activating group) is 1. The summed E-state index contributed by atoms with van der Waals surface area (Å²) in [5, 5.41) is 2.96. The Morgan fingerprint density at radius 1 is 1.05 bits per heavy atom. The molecular formula is C26H27F5N8. The number of aryl methyl sites for hydroxylation is 1. The normalized spacial score (nSPS) is 14.3. The zero-order valence-electron chi connectivity index (χ0n) is 21.6. The minimum atomic E-state index is -4.55. The van der Waals surface area contributed by atoms with Gasteiger partial charge in [0.05, 0.1) is 11.7 Å². The highest BCUT2D eigenvalue weighted by Crippen LogP contribution is 2.31. The first-order chi connectivity index (χ1) is 18.5. The summed E-state index contributed by atoms with van der Waals surface area (Å²) in [7, 11) is 4.08. The standard InChI is InChI=1S/C26H27F5N8/c1-15-33-24-18(27)10-17(11-21(24)39(15)14-26(29,30)31)23-19(28)12-32-25(36-23)35-22-5-4-16-13-38(9-8-37(2)3)7-6-20(16)34-22/h4-5,10-12H,6-9,13-14H2,1-3H3,(H,32,34,35,36). The molecule has 0 saturated carbocycles. The summed E-state index contributed by atoms with van der Waals surface area (Å²) in [5.41, 5.74) is 1.43. The number of nitrogens with one attached hydrogen (secondary N) is 1. The first kappa shape index (κ1) is 26.9. The zero-order valence-corrected chi connectivity index (χ0v) is 21.6. The third-order valence-electron chi connectivity index (χ3n) is 6.58. The molecular weight excluding hydrogens is 519 g/mol. The Bertz CT molecular complexity index is 1510. The van der Waals surface area contributed by atoms with Gasteiger partial charge in [0.15, 0.2) is 11.6 Å². The second-order valence-electron chi connectivity index (χ2n) is 9.83. The highest BCUT2D eigenvalue weighted by molar-refractivity contribution is 5.83. The maximum atomic E-state index is 14.9. The van der Waals surface area contributed by atoms with Crippen LogP contribution in [0, 0.1) is 18.6 Å². The molecule has 3 aromatic heterocycles. The number of hydrogen-bond acceptors (Lipinski definition) is 7. The van der Waals surface area contributed by atoms with Crippen molar-refractivity contribution in [2.45, 2.75) is 32.6 Å². The van der Waals surface area contributed by atoms with Crippen LogP contribution in [0.1, 0.15) is 17.1 Å². The number of aromatic nitrogens is 5. The van der Waals surface area contributed by atoms with Crippen molar-refractivity contribution in [2.75, 3.05) is 39.0 Å². The van der Waals surface area contributed by atoms with Crippen molar-refractivity contribution in [3.63, 3.8) is 0 Å². The second-order valence-corrected chi connectivity index (χ2v) is 9.83. The smallest absolute Gasteiger partial charge is 0.319 e. The number of anilines is 2. The van der Waals surface area contributed by atoms with Gasteiger partial charge in [0, 0.05) is 43.9 Å². The lowest BCUT2D eigenvalue weighted by Crippen LogP contribution is -2.36. The molecule has 0 bridgehead atoms. The second kappa shape index (κ2) is 10.5. The number of pyridine rings is 1. The minimum Gasteiger partial charge on any atom is -0.319 e. The van der Waals surface area contributed by atoms with E-state index in [0.29, 0.717) is 5.82 Å². The van der Waals surface area contributed by atoms with E-state index < -0.39 is 24.4 Å². The van der Waals surface area contributed by atoms with Gasteiger partial charge in [-0.2, -0.15) is 13.2 Å². The number of nitrogens with zero attached hydrogens (tertiary/aromatic N) is 7. The topological polar surface area (TPSA) is 75.0 Å². The van der Waals surface area contributed by atoms with Gasteiger partial charge in [0.1, 0.15) is 29.4 Å². The summed E-state index contributed by atoms with van der Waals surface area (Å²) < 4.78 is 69.8. The quantitative estimate of drug-likeness (QED) is 0.337. The largest absolute Gasteiger partial charge is 0.406 e. The fourth-order valence-corrected chi connectivity index (χ4v) is 4.63. The highest BCUT2D eigenvalue weighted by Gasteiger charge is 2.30. The van der Waals surface area contributed by atoms with Gasteiger partial charge in [-0.05, 0) is 44.8 Å². The monoisotopic (exact) mass is 546 g/mol. The van der Waals surface area contributed by atoms with Crippen LogP contribution >= 0.6 is 0 Å². The van der Waals surface area contributed by atoms with Gasteiger partial charge < -0.3 is 14.8 Å². The van der Waals surface area contributed by atoms with Crippen LogP contribution < -0.4 is 5.32 Å². The van der Waals surface area contributed by atoms with Crippen molar-refractivity contribution in [1.29, 1.82) is 0 Å². The van der Waals surface area contributed by atoms with E-state index in [1.807, 2.05) is 20.2 Å². The summed E-state index contributed by atoms with van der Waals surface area (Å²) in [6.45, 7) is 3.61. The van der Waals surface area contributed by atoms with Crippen molar-refractivity contribution in [3.8, 4) is 11.3 Å². The maximum Gasteiger partial charge on any atom is 0.406 e. The molecule has 5 rings (SSSR count). The molecule has 8 nitrogen and oxygen atoms in total. The Morgan fingerprint density at radius 3 is 2.59 bits per heavy atom. The molecule has 1 aromatic carbocycles. The van der Waals surface area contributed by atoms with Crippen LogP contribution in [0.3, 0.4) is 0 Å². The van der Waals surface area contributed by atoms with E-state index in [-0.39, 0.29) is 34.1 Å². The van der Waals surface area contributed by atoms with Crippen molar-refractivity contribution >= 4 is 22.8 Å². The lowest BCUT2D eigenvalue weighted by molar-refractivity contribution is -0.140. The average molecular weight is 547 g/mol. The average Bonchev–Trinajstić information content (AvgIpc) is 3.18. The molecule has 0 aliphatic carbocycles. The van der Waals surface area contributed by atoms with E-state index in [1.54, 1.807) is 6.07 Å². The van der Waals surface area contributed by atoms with Crippen LogP contribution in [0.15, 0.2) is 30.5 Å². The molecule has 0 atom stereocenters. The van der Waals surface area contributed by atoms with Crippen LogP contribution in [-0.2, 0) is 19.5 Å². The van der Waals surface area contributed by atoms with Crippen molar-refractivity contribution in [1.82, 2.24) is 34.3 Å². The van der Waals surface area contributed by atoms with Crippen molar-refractivity contribution in [3.05, 3.63) is 59.2 Å². The Kier molecular flexibility index (Phi) is 7.21. The van der Waals surface area contributed by atoms with E-state index >= 15 is 0 Å². The van der Waals surface area contributed by atoms with E-state index in [1.165, 1.54) is 13.0 Å². The molecule has 4 aromatic rings. The Balaban J connectivity index is 1.41. The first-order valence-corrected chi connectivity index (χ1v) is 12.4. The first-order valence-electron chi connectivity index (χ1n) is 12.4. The highest BCUT2D eigenvalue weighted by atomic mass is 19.4. The fraction of sp³-hybridized carbons (Fsp3) is 0.385. The Hall–Kier alpha value is -3.71. The molecule has 0 saturated heterocycles. The number of rotatable bonds is 7. The number of imidazole rings is 1. The van der Waals surface area contributed by atoms with E-state index in [9.17, 15) is 22.0 Å².